The lowest BCUT2D eigenvalue weighted by Gasteiger charge is -2.06. The minimum absolute atomic E-state index is 0.144. The van der Waals surface area contributed by atoms with E-state index in [0.29, 0.717) is 16.8 Å². The lowest BCUT2D eigenvalue weighted by Crippen LogP contribution is -2.03. The molecule has 4 nitrogen and oxygen atoms in total. The topological polar surface area (TPSA) is 63.3 Å². The van der Waals surface area contributed by atoms with Crippen LogP contribution in [0, 0.1) is 0 Å². The van der Waals surface area contributed by atoms with Crippen molar-refractivity contribution < 1.29 is 27.5 Å². The van der Waals surface area contributed by atoms with Crippen molar-refractivity contribution in [3.8, 4) is 22.7 Å². The number of alkyl halides is 3. The number of aromatic carboxylic acids is 1. The van der Waals surface area contributed by atoms with Gasteiger partial charge in [-0.15, -0.1) is 0 Å². The van der Waals surface area contributed by atoms with Crippen LogP contribution in [0.25, 0.3) is 22.7 Å². The lowest BCUT2D eigenvalue weighted by molar-refractivity contribution is -0.137. The molecule has 0 saturated heterocycles. The standard InChI is InChI=1S/C17H10F3NO3/c18-17(19,20)13-7-5-11(6-8-13)15-21-14(9-24-15)10-1-3-12(4-2-10)16(22)23/h1-9H,(H,22,23). The third-order valence-corrected chi connectivity index (χ3v) is 3.39. The highest BCUT2D eigenvalue weighted by Gasteiger charge is 2.30. The van der Waals surface area contributed by atoms with Gasteiger partial charge < -0.3 is 9.52 Å². The average molecular weight is 333 g/mol. The molecule has 0 spiro atoms. The van der Waals surface area contributed by atoms with Crippen LogP contribution in [0.3, 0.4) is 0 Å². The molecule has 0 atom stereocenters. The molecule has 0 amide bonds. The van der Waals surface area contributed by atoms with Crippen molar-refractivity contribution in [1.29, 1.82) is 0 Å². The summed E-state index contributed by atoms with van der Waals surface area (Å²) < 4.78 is 43.0. The first-order chi connectivity index (χ1) is 11.3. The summed E-state index contributed by atoms with van der Waals surface area (Å²) >= 11 is 0. The fourth-order valence-electron chi connectivity index (χ4n) is 2.12. The zero-order valence-corrected chi connectivity index (χ0v) is 12.0. The predicted octanol–water partition coefficient (Wildman–Crippen LogP) is 4.73. The molecule has 0 saturated carbocycles. The number of hydrogen-bond donors (Lipinski definition) is 1. The van der Waals surface area contributed by atoms with Crippen LogP contribution in [0.2, 0.25) is 0 Å². The summed E-state index contributed by atoms with van der Waals surface area (Å²) in [4.78, 5) is 15.0. The molecule has 7 heteroatoms. The Bertz CT molecular complexity index is 865. The minimum Gasteiger partial charge on any atom is -0.478 e. The second-order valence-electron chi connectivity index (χ2n) is 5.00. The monoisotopic (exact) mass is 333 g/mol. The summed E-state index contributed by atoms with van der Waals surface area (Å²) in [5, 5.41) is 8.86. The number of hydrogen-bond acceptors (Lipinski definition) is 3. The van der Waals surface area contributed by atoms with E-state index < -0.39 is 17.7 Å². The molecule has 1 N–H and O–H groups in total. The van der Waals surface area contributed by atoms with Crippen molar-refractivity contribution in [3.05, 3.63) is 65.9 Å². The normalized spacial score (nSPS) is 11.5. The molecule has 122 valence electrons. The lowest BCUT2D eigenvalue weighted by atomic mass is 10.1. The van der Waals surface area contributed by atoms with Crippen LogP contribution in [-0.2, 0) is 6.18 Å². The molecule has 1 heterocycles. The largest absolute Gasteiger partial charge is 0.478 e. The quantitative estimate of drug-likeness (QED) is 0.753. The molecule has 0 fully saturated rings. The maximum atomic E-state index is 12.6. The van der Waals surface area contributed by atoms with E-state index >= 15 is 0 Å². The Balaban J connectivity index is 1.86. The molecule has 2 aromatic carbocycles. The van der Waals surface area contributed by atoms with Crippen molar-refractivity contribution in [2.24, 2.45) is 0 Å². The van der Waals surface area contributed by atoms with Crippen molar-refractivity contribution in [2.45, 2.75) is 6.18 Å². The Hall–Kier alpha value is -3.09. The fraction of sp³-hybridized carbons (Fsp3) is 0.0588. The van der Waals surface area contributed by atoms with Gasteiger partial charge in [-0.05, 0) is 36.4 Å². The van der Waals surface area contributed by atoms with Gasteiger partial charge in [0.05, 0.1) is 11.1 Å². The van der Waals surface area contributed by atoms with E-state index in [0.717, 1.165) is 12.1 Å². The number of carboxylic acids is 1. The third-order valence-electron chi connectivity index (χ3n) is 3.39. The number of oxazole rings is 1. The maximum absolute atomic E-state index is 12.6. The highest BCUT2D eigenvalue weighted by molar-refractivity contribution is 5.88. The van der Waals surface area contributed by atoms with Gasteiger partial charge in [-0.25, -0.2) is 9.78 Å². The molecular weight excluding hydrogens is 323 g/mol. The van der Waals surface area contributed by atoms with Gasteiger partial charge in [0.25, 0.3) is 0 Å². The minimum atomic E-state index is -4.40. The van der Waals surface area contributed by atoms with Crippen molar-refractivity contribution in [1.82, 2.24) is 4.98 Å². The van der Waals surface area contributed by atoms with Gasteiger partial charge in [0.1, 0.15) is 12.0 Å². The zero-order valence-electron chi connectivity index (χ0n) is 12.0. The van der Waals surface area contributed by atoms with Crippen LogP contribution in [-0.4, -0.2) is 16.1 Å². The van der Waals surface area contributed by atoms with E-state index in [-0.39, 0.29) is 11.5 Å². The van der Waals surface area contributed by atoms with E-state index in [1.165, 1.54) is 30.5 Å². The first kappa shape index (κ1) is 15.8. The summed E-state index contributed by atoms with van der Waals surface area (Å²) in [6.45, 7) is 0. The number of nitrogens with zero attached hydrogens (tertiary/aromatic N) is 1. The molecule has 3 rings (SSSR count). The van der Waals surface area contributed by atoms with Gasteiger partial charge in [0.15, 0.2) is 0 Å². The second kappa shape index (κ2) is 5.84. The first-order valence-corrected chi connectivity index (χ1v) is 6.81. The number of benzene rings is 2. The van der Waals surface area contributed by atoms with E-state index in [1.54, 1.807) is 12.1 Å². The van der Waals surface area contributed by atoms with Crippen LogP contribution >= 0.6 is 0 Å². The van der Waals surface area contributed by atoms with E-state index in [9.17, 15) is 18.0 Å². The van der Waals surface area contributed by atoms with Crippen molar-refractivity contribution in [2.75, 3.05) is 0 Å². The van der Waals surface area contributed by atoms with E-state index in [1.807, 2.05) is 0 Å². The molecule has 0 aliphatic heterocycles. The third kappa shape index (κ3) is 3.15. The molecule has 3 aromatic rings. The summed E-state index contributed by atoms with van der Waals surface area (Å²) in [5.41, 5.74) is 0.910. The maximum Gasteiger partial charge on any atom is 0.416 e. The van der Waals surface area contributed by atoms with Crippen molar-refractivity contribution >= 4 is 5.97 Å². The molecular formula is C17H10F3NO3. The van der Waals surface area contributed by atoms with Crippen LogP contribution in [0.15, 0.2) is 59.2 Å². The Morgan fingerprint density at radius 2 is 1.54 bits per heavy atom. The molecule has 0 aliphatic carbocycles. The fourth-order valence-corrected chi connectivity index (χ4v) is 2.12. The van der Waals surface area contributed by atoms with Crippen LogP contribution < -0.4 is 0 Å². The van der Waals surface area contributed by atoms with Crippen LogP contribution in [0.4, 0.5) is 13.2 Å². The molecule has 0 unspecified atom stereocenters. The highest BCUT2D eigenvalue weighted by atomic mass is 19.4. The van der Waals surface area contributed by atoms with Crippen LogP contribution in [0.5, 0.6) is 0 Å². The van der Waals surface area contributed by atoms with Gasteiger partial charge in [-0.2, -0.15) is 13.2 Å². The Morgan fingerprint density at radius 1 is 0.958 bits per heavy atom. The van der Waals surface area contributed by atoms with Gasteiger partial charge in [0.2, 0.25) is 5.89 Å². The smallest absolute Gasteiger partial charge is 0.416 e. The second-order valence-corrected chi connectivity index (χ2v) is 5.00. The summed E-state index contributed by atoms with van der Waals surface area (Å²) in [7, 11) is 0. The first-order valence-electron chi connectivity index (χ1n) is 6.81. The number of carboxylic acid groups (broad SMARTS) is 1. The SMILES string of the molecule is O=C(O)c1ccc(-c2coc(-c3ccc(C(F)(F)F)cc3)n2)cc1. The van der Waals surface area contributed by atoms with Gasteiger partial charge in [0, 0.05) is 11.1 Å². The average Bonchev–Trinajstić information content (AvgIpc) is 3.04. The Kier molecular flexibility index (Phi) is 3.84. The Morgan fingerprint density at radius 3 is 2.08 bits per heavy atom. The summed E-state index contributed by atoms with van der Waals surface area (Å²) in [6, 6.07) is 10.5. The van der Waals surface area contributed by atoms with Crippen LogP contribution in [0.1, 0.15) is 15.9 Å². The Labute approximate surface area is 134 Å². The molecule has 0 radical (unpaired) electrons. The number of halogens is 3. The van der Waals surface area contributed by atoms with Gasteiger partial charge in [-0.1, -0.05) is 12.1 Å². The van der Waals surface area contributed by atoms with Gasteiger partial charge in [-0.3, -0.25) is 0 Å². The number of carbonyl (C=O) groups is 1. The molecule has 1 aromatic heterocycles. The predicted molar refractivity (Wildman–Crippen MR) is 79.3 cm³/mol. The van der Waals surface area contributed by atoms with E-state index in [4.69, 9.17) is 9.52 Å². The summed E-state index contributed by atoms with van der Waals surface area (Å²) in [5.74, 6) is -0.854. The summed E-state index contributed by atoms with van der Waals surface area (Å²) in [6.07, 6.45) is -3.03. The molecule has 0 aliphatic rings. The zero-order chi connectivity index (χ0) is 17.3. The molecule has 24 heavy (non-hydrogen) atoms. The van der Waals surface area contributed by atoms with Crippen molar-refractivity contribution in [3.63, 3.8) is 0 Å². The molecule has 0 bridgehead atoms. The number of rotatable bonds is 3. The highest BCUT2D eigenvalue weighted by Crippen LogP contribution is 2.31. The number of aromatic nitrogens is 1. The van der Waals surface area contributed by atoms with Gasteiger partial charge >= 0.3 is 12.1 Å². The van der Waals surface area contributed by atoms with E-state index in [2.05, 4.69) is 4.98 Å².